The van der Waals surface area contributed by atoms with Crippen molar-refractivity contribution in [3.8, 4) is 0 Å². The van der Waals surface area contributed by atoms with Gasteiger partial charge >= 0.3 is 5.97 Å². The number of carbonyl (C=O) groups is 1. The Morgan fingerprint density at radius 3 is 2.04 bits per heavy atom. The summed E-state index contributed by atoms with van der Waals surface area (Å²) in [5.41, 5.74) is 8.80. The number of esters is 1. The zero-order valence-electron chi connectivity index (χ0n) is 16.7. The molecule has 0 unspecified atom stereocenters. The first-order valence-electron chi connectivity index (χ1n) is 10.5. The summed E-state index contributed by atoms with van der Waals surface area (Å²) in [6, 6.07) is 17.8. The van der Waals surface area contributed by atoms with Gasteiger partial charge in [-0.3, -0.25) is 4.79 Å². The summed E-state index contributed by atoms with van der Waals surface area (Å²) in [4.78, 5) is 14.1. The minimum Gasteiger partial charge on any atom is -0.466 e. The Bertz CT molecular complexity index is 824. The van der Waals surface area contributed by atoms with Crippen LogP contribution in [0.5, 0.6) is 0 Å². The Hall–Kier alpha value is -2.39. The maximum absolute atomic E-state index is 11.7. The van der Waals surface area contributed by atoms with Gasteiger partial charge in [0, 0.05) is 19.6 Å². The Kier molecular flexibility index (Phi) is 5.92. The van der Waals surface area contributed by atoms with E-state index in [1.54, 1.807) is 5.57 Å². The molecule has 1 aliphatic heterocycles. The summed E-state index contributed by atoms with van der Waals surface area (Å²) in [7, 11) is 0. The third-order valence-electron chi connectivity index (χ3n) is 5.99. The van der Waals surface area contributed by atoms with Crippen LogP contribution in [0.1, 0.15) is 48.4 Å². The molecule has 2 aliphatic rings. The molecule has 1 saturated heterocycles. The van der Waals surface area contributed by atoms with Crippen molar-refractivity contribution in [3.63, 3.8) is 0 Å². The third kappa shape index (κ3) is 4.05. The highest BCUT2D eigenvalue weighted by molar-refractivity contribution is 5.86. The normalized spacial score (nSPS) is 16.9. The van der Waals surface area contributed by atoms with Crippen LogP contribution >= 0.6 is 0 Å². The van der Waals surface area contributed by atoms with Gasteiger partial charge < -0.3 is 9.64 Å². The molecule has 0 aromatic heterocycles. The molecule has 0 spiro atoms. The van der Waals surface area contributed by atoms with Crippen molar-refractivity contribution in [2.24, 2.45) is 0 Å². The van der Waals surface area contributed by atoms with Crippen molar-refractivity contribution < 1.29 is 9.53 Å². The van der Waals surface area contributed by atoms with Crippen LogP contribution in [0.25, 0.3) is 5.57 Å². The van der Waals surface area contributed by atoms with E-state index in [9.17, 15) is 4.79 Å². The van der Waals surface area contributed by atoms with Gasteiger partial charge in [0.25, 0.3) is 0 Å². The van der Waals surface area contributed by atoms with Gasteiger partial charge in [-0.2, -0.15) is 0 Å². The van der Waals surface area contributed by atoms with E-state index in [2.05, 4.69) is 53.4 Å². The highest BCUT2D eigenvalue weighted by Gasteiger charge is 2.23. The summed E-state index contributed by atoms with van der Waals surface area (Å²) in [6.45, 7) is 5.16. The molecule has 0 saturated carbocycles. The Morgan fingerprint density at radius 1 is 0.893 bits per heavy atom. The molecule has 146 valence electrons. The predicted octanol–water partition coefficient (Wildman–Crippen LogP) is 4.64. The van der Waals surface area contributed by atoms with Gasteiger partial charge in [-0.15, -0.1) is 0 Å². The second kappa shape index (κ2) is 8.74. The topological polar surface area (TPSA) is 29.5 Å². The average Bonchev–Trinajstić information content (AvgIpc) is 2.90. The number of piperidine rings is 1. The van der Waals surface area contributed by atoms with Crippen molar-refractivity contribution in [1.29, 1.82) is 0 Å². The number of hydrogen-bond acceptors (Lipinski definition) is 3. The van der Waals surface area contributed by atoms with E-state index in [-0.39, 0.29) is 5.97 Å². The fraction of sp³-hybridized carbons (Fsp3) is 0.400. The van der Waals surface area contributed by atoms with E-state index >= 15 is 0 Å². The van der Waals surface area contributed by atoms with Gasteiger partial charge in [-0.25, -0.2) is 0 Å². The fourth-order valence-electron chi connectivity index (χ4n) is 4.54. The lowest BCUT2D eigenvalue weighted by Gasteiger charge is -2.30. The van der Waals surface area contributed by atoms with Crippen LogP contribution in [0.15, 0.2) is 54.1 Å². The summed E-state index contributed by atoms with van der Waals surface area (Å²) in [6.07, 6.45) is 4.85. The molecule has 28 heavy (non-hydrogen) atoms. The van der Waals surface area contributed by atoms with E-state index in [0.717, 1.165) is 45.3 Å². The van der Waals surface area contributed by atoms with E-state index in [4.69, 9.17) is 4.74 Å². The van der Waals surface area contributed by atoms with Crippen molar-refractivity contribution >= 4 is 11.5 Å². The zero-order chi connectivity index (χ0) is 19.3. The number of carbonyl (C=O) groups excluding carboxylic acids is 1. The standard InChI is InChI=1S/C25H29NO2/c1-2-28-24(27)15-18-26-16-13-21(14-17-26)25-22-9-5-3-7-19(22)11-12-20-8-4-6-10-23(20)25/h3-10H,2,11-18H2,1H3. The highest BCUT2D eigenvalue weighted by Crippen LogP contribution is 2.38. The highest BCUT2D eigenvalue weighted by atomic mass is 16.5. The average molecular weight is 376 g/mol. The van der Waals surface area contributed by atoms with Gasteiger partial charge in [0.2, 0.25) is 0 Å². The number of fused-ring (bicyclic) bond motifs is 2. The van der Waals surface area contributed by atoms with Gasteiger partial charge in [-0.05, 0) is 60.4 Å². The van der Waals surface area contributed by atoms with Crippen LogP contribution in [0, 0.1) is 0 Å². The van der Waals surface area contributed by atoms with Crippen LogP contribution in [0.4, 0.5) is 0 Å². The van der Waals surface area contributed by atoms with Crippen molar-refractivity contribution in [1.82, 2.24) is 4.90 Å². The number of rotatable bonds is 4. The van der Waals surface area contributed by atoms with Crippen molar-refractivity contribution in [2.45, 2.75) is 39.0 Å². The lowest BCUT2D eigenvalue weighted by atomic mass is 9.86. The number of benzene rings is 2. The van der Waals surface area contributed by atoms with E-state index < -0.39 is 0 Å². The van der Waals surface area contributed by atoms with Gasteiger partial charge in [0.15, 0.2) is 0 Å². The van der Waals surface area contributed by atoms with E-state index in [1.807, 2.05) is 6.92 Å². The second-order valence-electron chi connectivity index (χ2n) is 7.69. The van der Waals surface area contributed by atoms with E-state index in [1.165, 1.54) is 27.8 Å². The Morgan fingerprint density at radius 2 is 1.46 bits per heavy atom. The number of likely N-dealkylation sites (tertiary alicyclic amines) is 1. The van der Waals surface area contributed by atoms with E-state index in [0.29, 0.717) is 13.0 Å². The number of hydrogen-bond donors (Lipinski definition) is 0. The first-order chi connectivity index (χ1) is 13.8. The number of aryl methyl sites for hydroxylation is 2. The molecule has 0 N–H and O–H groups in total. The summed E-state index contributed by atoms with van der Waals surface area (Å²) in [5, 5.41) is 0. The molecule has 0 amide bonds. The molecule has 3 nitrogen and oxygen atoms in total. The minimum atomic E-state index is -0.0849. The molecule has 1 heterocycles. The number of ether oxygens (including phenoxy) is 1. The molecular formula is C25H29NO2. The molecule has 1 aliphatic carbocycles. The molecular weight excluding hydrogens is 346 g/mol. The maximum Gasteiger partial charge on any atom is 0.307 e. The molecule has 2 aromatic rings. The number of nitrogens with zero attached hydrogens (tertiary/aromatic N) is 1. The largest absolute Gasteiger partial charge is 0.466 e. The fourth-order valence-corrected chi connectivity index (χ4v) is 4.54. The minimum absolute atomic E-state index is 0.0849. The summed E-state index contributed by atoms with van der Waals surface area (Å²) < 4.78 is 5.07. The third-order valence-corrected chi connectivity index (χ3v) is 5.99. The molecule has 1 fully saturated rings. The van der Waals surface area contributed by atoms with Gasteiger partial charge in [-0.1, -0.05) is 54.1 Å². The first-order valence-corrected chi connectivity index (χ1v) is 10.5. The Balaban J connectivity index is 1.58. The van der Waals surface area contributed by atoms with Gasteiger partial charge in [0.05, 0.1) is 13.0 Å². The van der Waals surface area contributed by atoms with Crippen LogP contribution in [0.2, 0.25) is 0 Å². The molecule has 0 atom stereocenters. The molecule has 3 heteroatoms. The van der Waals surface area contributed by atoms with Crippen molar-refractivity contribution in [3.05, 3.63) is 76.4 Å². The van der Waals surface area contributed by atoms with Crippen LogP contribution in [0.3, 0.4) is 0 Å². The monoisotopic (exact) mass is 375 g/mol. The quantitative estimate of drug-likeness (QED) is 0.730. The summed E-state index contributed by atoms with van der Waals surface area (Å²) >= 11 is 0. The van der Waals surface area contributed by atoms with Crippen molar-refractivity contribution in [2.75, 3.05) is 26.2 Å². The smallest absolute Gasteiger partial charge is 0.307 e. The SMILES string of the molecule is CCOC(=O)CCN1CCC(=C2c3ccccc3CCc3ccccc32)CC1. The lowest BCUT2D eigenvalue weighted by molar-refractivity contribution is -0.143. The van der Waals surface area contributed by atoms with Crippen LogP contribution < -0.4 is 0 Å². The maximum atomic E-state index is 11.7. The first kappa shape index (κ1) is 18.9. The lowest BCUT2D eigenvalue weighted by Crippen LogP contribution is -2.33. The second-order valence-corrected chi connectivity index (χ2v) is 7.69. The molecule has 4 rings (SSSR count). The van der Waals surface area contributed by atoms with Gasteiger partial charge in [0.1, 0.15) is 0 Å². The summed E-state index contributed by atoms with van der Waals surface area (Å²) in [5.74, 6) is -0.0849. The molecule has 0 radical (unpaired) electrons. The molecule has 2 aromatic carbocycles. The molecule has 0 bridgehead atoms. The predicted molar refractivity (Wildman–Crippen MR) is 113 cm³/mol. The van der Waals surface area contributed by atoms with Crippen LogP contribution in [-0.4, -0.2) is 37.1 Å². The van der Waals surface area contributed by atoms with Crippen LogP contribution in [-0.2, 0) is 22.4 Å². The Labute approximate surface area is 168 Å². The zero-order valence-corrected chi connectivity index (χ0v) is 16.7.